The monoisotopic (exact) mass is 349 g/mol. The summed E-state index contributed by atoms with van der Waals surface area (Å²) in [5, 5.41) is 10.1. The summed E-state index contributed by atoms with van der Waals surface area (Å²) >= 11 is 0. The Balaban J connectivity index is 1.81. The summed E-state index contributed by atoms with van der Waals surface area (Å²) in [6.45, 7) is 0.223. The Morgan fingerprint density at radius 1 is 1.08 bits per heavy atom. The van der Waals surface area contributed by atoms with Crippen LogP contribution in [0.4, 0.5) is 9.18 Å². The van der Waals surface area contributed by atoms with Crippen LogP contribution in [0, 0.1) is 5.82 Å². The summed E-state index contributed by atoms with van der Waals surface area (Å²) in [7, 11) is -3.72. The van der Waals surface area contributed by atoms with E-state index in [1.54, 1.807) is 30.3 Å². The van der Waals surface area contributed by atoms with Crippen molar-refractivity contribution >= 4 is 22.1 Å². The fourth-order valence-electron chi connectivity index (χ4n) is 1.82. The number of hydrogen-bond donors (Lipinski definition) is 3. The number of carbonyl (C=O) groups excluding carboxylic acids is 1. The number of nitrogens with two attached hydrogens (primary N) is 1. The predicted octanol–water partition coefficient (Wildman–Crippen LogP) is 1.94. The van der Waals surface area contributed by atoms with E-state index in [-0.39, 0.29) is 17.3 Å². The van der Waals surface area contributed by atoms with E-state index in [1.807, 2.05) is 0 Å². The highest BCUT2D eigenvalue weighted by Crippen LogP contribution is 2.08. The highest BCUT2D eigenvalue weighted by molar-refractivity contribution is 7.89. The van der Waals surface area contributed by atoms with Crippen LogP contribution in [0.15, 0.2) is 59.6 Å². The van der Waals surface area contributed by atoms with E-state index in [0.29, 0.717) is 0 Å². The fourth-order valence-corrected chi connectivity index (χ4v) is 2.33. The Morgan fingerprint density at radius 2 is 1.71 bits per heavy atom. The van der Waals surface area contributed by atoms with Gasteiger partial charge in [0.2, 0.25) is 10.0 Å². The van der Waals surface area contributed by atoms with Crippen LogP contribution >= 0.6 is 0 Å². The molecule has 8 heteroatoms. The van der Waals surface area contributed by atoms with Crippen LogP contribution in [-0.2, 0) is 16.6 Å². The molecule has 0 aliphatic heterocycles. The quantitative estimate of drug-likeness (QED) is 0.769. The number of halogens is 1. The molecule has 0 aromatic heterocycles. The van der Waals surface area contributed by atoms with Crippen LogP contribution in [0.25, 0.3) is 6.08 Å². The topological polar surface area (TPSA) is 101 Å². The fraction of sp³-hybridized carbons (Fsp3) is 0.0625. The molecule has 0 aliphatic rings. The standard InChI is InChI=1S/C16H16FN3O3S/c17-14-5-1-12(2-6-14)9-10-19-16(21)20-11-13-3-7-15(8-4-13)24(18,22)23/h1-10H,11H2,(H2,18,22,23)(H2,19,20,21)/b10-9+. The normalized spacial score (nSPS) is 11.4. The second-order valence-corrected chi connectivity index (χ2v) is 6.46. The SMILES string of the molecule is NS(=O)(=O)c1ccc(CNC(=O)N/C=C/c2ccc(F)cc2)cc1. The zero-order valence-electron chi connectivity index (χ0n) is 12.6. The second-order valence-electron chi connectivity index (χ2n) is 4.90. The lowest BCUT2D eigenvalue weighted by Crippen LogP contribution is -2.31. The van der Waals surface area contributed by atoms with Crippen LogP contribution in [0.5, 0.6) is 0 Å². The zero-order valence-corrected chi connectivity index (χ0v) is 13.4. The molecule has 2 aromatic carbocycles. The number of nitrogens with one attached hydrogen (secondary N) is 2. The van der Waals surface area contributed by atoms with Crippen molar-refractivity contribution in [3.63, 3.8) is 0 Å². The predicted molar refractivity (Wildman–Crippen MR) is 88.6 cm³/mol. The van der Waals surface area contributed by atoms with E-state index in [0.717, 1.165) is 11.1 Å². The van der Waals surface area contributed by atoms with Gasteiger partial charge >= 0.3 is 6.03 Å². The van der Waals surface area contributed by atoms with Crippen LogP contribution in [0.3, 0.4) is 0 Å². The summed E-state index contributed by atoms with van der Waals surface area (Å²) in [6.07, 6.45) is 3.06. The number of benzene rings is 2. The van der Waals surface area contributed by atoms with Crippen LogP contribution < -0.4 is 15.8 Å². The van der Waals surface area contributed by atoms with Crippen molar-refractivity contribution in [3.8, 4) is 0 Å². The van der Waals surface area contributed by atoms with Gasteiger partial charge in [0.1, 0.15) is 5.82 Å². The van der Waals surface area contributed by atoms with Gasteiger partial charge in [0.15, 0.2) is 0 Å². The molecule has 0 spiro atoms. The Kier molecular flexibility index (Phi) is 5.67. The number of amides is 2. The van der Waals surface area contributed by atoms with Gasteiger partial charge in [-0.1, -0.05) is 24.3 Å². The number of urea groups is 1. The third kappa shape index (κ3) is 5.49. The van der Waals surface area contributed by atoms with E-state index >= 15 is 0 Å². The summed E-state index contributed by atoms with van der Waals surface area (Å²) in [4.78, 5) is 11.6. The van der Waals surface area contributed by atoms with Gasteiger partial charge in [-0.2, -0.15) is 0 Å². The molecule has 0 aliphatic carbocycles. The lowest BCUT2D eigenvalue weighted by molar-refractivity contribution is 0.244. The van der Waals surface area contributed by atoms with E-state index in [2.05, 4.69) is 10.6 Å². The van der Waals surface area contributed by atoms with Crippen molar-refractivity contribution in [1.29, 1.82) is 0 Å². The van der Waals surface area contributed by atoms with Gasteiger partial charge in [-0.15, -0.1) is 0 Å². The first-order valence-corrected chi connectivity index (χ1v) is 8.47. The summed E-state index contributed by atoms with van der Waals surface area (Å²) in [5.74, 6) is -0.327. The molecular weight excluding hydrogens is 333 g/mol. The van der Waals surface area contributed by atoms with Gasteiger partial charge in [-0.05, 0) is 41.5 Å². The molecule has 0 unspecified atom stereocenters. The van der Waals surface area contributed by atoms with Crippen molar-refractivity contribution in [2.45, 2.75) is 11.4 Å². The molecule has 2 aromatic rings. The second kappa shape index (κ2) is 7.71. The third-order valence-electron chi connectivity index (χ3n) is 3.07. The average Bonchev–Trinajstić information content (AvgIpc) is 2.54. The van der Waals surface area contributed by atoms with Gasteiger partial charge < -0.3 is 10.6 Å². The van der Waals surface area contributed by atoms with Crippen molar-refractivity contribution in [1.82, 2.24) is 10.6 Å². The van der Waals surface area contributed by atoms with E-state index < -0.39 is 16.1 Å². The van der Waals surface area contributed by atoms with Crippen molar-refractivity contribution in [2.75, 3.05) is 0 Å². The maximum atomic E-state index is 12.7. The minimum atomic E-state index is -3.72. The van der Waals surface area contributed by atoms with E-state index in [1.165, 1.54) is 30.5 Å². The molecule has 0 saturated carbocycles. The zero-order chi connectivity index (χ0) is 17.6. The number of sulfonamides is 1. The molecule has 0 bridgehead atoms. The van der Waals surface area contributed by atoms with Crippen molar-refractivity contribution < 1.29 is 17.6 Å². The van der Waals surface area contributed by atoms with Gasteiger partial charge in [-0.25, -0.2) is 22.7 Å². The third-order valence-corrected chi connectivity index (χ3v) is 3.99. The van der Waals surface area contributed by atoms with Gasteiger partial charge in [-0.3, -0.25) is 0 Å². The number of rotatable bonds is 5. The Labute approximate surface area is 139 Å². The molecule has 2 amide bonds. The first-order chi connectivity index (χ1) is 11.3. The number of carbonyl (C=O) groups is 1. The van der Waals surface area contributed by atoms with Crippen molar-refractivity contribution in [2.24, 2.45) is 5.14 Å². The molecule has 126 valence electrons. The van der Waals surface area contributed by atoms with Crippen LogP contribution in [0.2, 0.25) is 0 Å². The number of hydrogen-bond acceptors (Lipinski definition) is 3. The summed E-state index contributed by atoms with van der Waals surface area (Å²) in [6, 6.07) is 11.3. The average molecular weight is 349 g/mol. The Hall–Kier alpha value is -2.71. The molecule has 6 nitrogen and oxygen atoms in total. The van der Waals surface area contributed by atoms with Crippen molar-refractivity contribution in [3.05, 3.63) is 71.7 Å². The lowest BCUT2D eigenvalue weighted by Gasteiger charge is -2.05. The lowest BCUT2D eigenvalue weighted by atomic mass is 10.2. The van der Waals surface area contributed by atoms with E-state index in [9.17, 15) is 17.6 Å². The van der Waals surface area contributed by atoms with Gasteiger partial charge in [0, 0.05) is 12.7 Å². The molecular formula is C16H16FN3O3S. The Morgan fingerprint density at radius 3 is 2.29 bits per heavy atom. The summed E-state index contributed by atoms with van der Waals surface area (Å²) in [5.41, 5.74) is 1.47. The van der Waals surface area contributed by atoms with Crippen LogP contribution in [0.1, 0.15) is 11.1 Å². The smallest absolute Gasteiger partial charge is 0.319 e. The maximum Gasteiger partial charge on any atom is 0.319 e. The highest BCUT2D eigenvalue weighted by Gasteiger charge is 2.06. The first-order valence-electron chi connectivity index (χ1n) is 6.93. The molecule has 0 atom stereocenters. The molecule has 0 radical (unpaired) electrons. The van der Waals surface area contributed by atoms with Gasteiger partial charge in [0.25, 0.3) is 0 Å². The maximum absolute atomic E-state index is 12.7. The molecule has 4 N–H and O–H groups in total. The first kappa shape index (κ1) is 17.6. The van der Waals surface area contributed by atoms with Crippen LogP contribution in [-0.4, -0.2) is 14.4 Å². The number of primary sulfonamides is 1. The largest absolute Gasteiger partial charge is 0.334 e. The Bertz CT molecular complexity index is 832. The molecule has 0 saturated heterocycles. The van der Waals surface area contributed by atoms with Gasteiger partial charge in [0.05, 0.1) is 4.90 Å². The highest BCUT2D eigenvalue weighted by atomic mass is 32.2. The molecule has 24 heavy (non-hydrogen) atoms. The van der Waals surface area contributed by atoms with E-state index in [4.69, 9.17) is 5.14 Å². The molecule has 2 rings (SSSR count). The minimum Gasteiger partial charge on any atom is -0.334 e. The molecule has 0 fully saturated rings. The molecule has 0 heterocycles. The summed E-state index contributed by atoms with van der Waals surface area (Å²) < 4.78 is 35.0. The minimum absolute atomic E-state index is 0.0120.